The number of hydrogen-bond acceptors (Lipinski definition) is 4. The Kier molecular flexibility index (Phi) is 3.86. The summed E-state index contributed by atoms with van der Waals surface area (Å²) in [5.41, 5.74) is 1.08. The van der Waals surface area contributed by atoms with E-state index in [1.807, 2.05) is 42.5 Å². The van der Waals surface area contributed by atoms with Crippen molar-refractivity contribution in [2.75, 3.05) is 12.3 Å². The van der Waals surface area contributed by atoms with Gasteiger partial charge in [-0.3, -0.25) is 4.79 Å². The third-order valence-electron chi connectivity index (χ3n) is 4.11. The van der Waals surface area contributed by atoms with Crippen LogP contribution in [-0.2, 0) is 0 Å². The Labute approximate surface area is 143 Å². The molecule has 0 spiro atoms. The molecule has 5 heteroatoms. The van der Waals surface area contributed by atoms with Gasteiger partial charge in [-0.15, -0.1) is 11.8 Å². The second-order valence-electron chi connectivity index (χ2n) is 5.62. The van der Waals surface area contributed by atoms with Gasteiger partial charge in [0, 0.05) is 17.7 Å². The molecule has 0 N–H and O–H groups in total. The van der Waals surface area contributed by atoms with Gasteiger partial charge in [-0.05, 0) is 17.7 Å². The number of nitrogens with zero attached hydrogens (tertiary/aromatic N) is 1. The quantitative estimate of drug-likeness (QED) is 0.669. The van der Waals surface area contributed by atoms with Gasteiger partial charge in [0.05, 0.1) is 0 Å². The number of rotatable bonds is 2. The van der Waals surface area contributed by atoms with Crippen molar-refractivity contribution < 1.29 is 9.21 Å². The SMILES string of the molecule is O=C(c1cc2ccccc2oc1=O)N1CCS[C@@H]1c1ccccc1. The van der Waals surface area contributed by atoms with Crippen molar-refractivity contribution in [3.8, 4) is 0 Å². The van der Waals surface area contributed by atoms with Gasteiger partial charge in [-0.25, -0.2) is 4.79 Å². The van der Waals surface area contributed by atoms with Gasteiger partial charge in [0.15, 0.2) is 0 Å². The molecule has 2 heterocycles. The van der Waals surface area contributed by atoms with E-state index in [2.05, 4.69) is 0 Å². The van der Waals surface area contributed by atoms with E-state index in [-0.39, 0.29) is 16.8 Å². The van der Waals surface area contributed by atoms with Crippen molar-refractivity contribution in [1.29, 1.82) is 0 Å². The highest BCUT2D eigenvalue weighted by Gasteiger charge is 2.32. The minimum absolute atomic E-state index is 0.0652. The van der Waals surface area contributed by atoms with E-state index in [0.717, 1.165) is 16.7 Å². The number of carbonyl (C=O) groups is 1. The molecule has 24 heavy (non-hydrogen) atoms. The predicted molar refractivity (Wildman–Crippen MR) is 95.2 cm³/mol. The van der Waals surface area contributed by atoms with Crippen LogP contribution < -0.4 is 5.63 Å². The largest absolute Gasteiger partial charge is 0.422 e. The molecule has 0 bridgehead atoms. The van der Waals surface area contributed by atoms with Gasteiger partial charge < -0.3 is 9.32 Å². The maximum absolute atomic E-state index is 12.9. The molecule has 4 rings (SSSR count). The fraction of sp³-hybridized carbons (Fsp3) is 0.158. The summed E-state index contributed by atoms with van der Waals surface area (Å²) in [6.45, 7) is 0.620. The molecule has 1 fully saturated rings. The standard InChI is InChI=1S/C19H15NO3S/c21-17(15-12-14-8-4-5-9-16(14)23-19(15)22)20-10-11-24-18(20)13-6-2-1-3-7-13/h1-9,12,18H,10-11H2/t18-/m1/s1. The number of fused-ring (bicyclic) bond motifs is 1. The van der Waals surface area contributed by atoms with Crippen LogP contribution in [-0.4, -0.2) is 23.1 Å². The Morgan fingerprint density at radius 3 is 2.67 bits per heavy atom. The number of para-hydroxylation sites is 1. The lowest BCUT2D eigenvalue weighted by atomic mass is 10.1. The van der Waals surface area contributed by atoms with Crippen LogP contribution in [0.5, 0.6) is 0 Å². The van der Waals surface area contributed by atoms with Crippen LogP contribution in [0.15, 0.2) is 69.9 Å². The molecule has 0 radical (unpaired) electrons. The lowest BCUT2D eigenvalue weighted by molar-refractivity contribution is 0.0756. The fourth-order valence-corrected chi connectivity index (χ4v) is 4.19. The zero-order valence-electron chi connectivity index (χ0n) is 12.8. The Hall–Kier alpha value is -2.53. The summed E-state index contributed by atoms with van der Waals surface area (Å²) in [5.74, 6) is 0.581. The van der Waals surface area contributed by atoms with Crippen LogP contribution >= 0.6 is 11.8 Å². The van der Waals surface area contributed by atoms with E-state index in [1.165, 1.54) is 0 Å². The molecule has 1 atom stereocenters. The molecule has 1 aromatic heterocycles. The van der Waals surface area contributed by atoms with Crippen molar-refractivity contribution in [1.82, 2.24) is 4.90 Å². The molecular weight excluding hydrogens is 322 g/mol. The first-order valence-corrected chi connectivity index (χ1v) is 8.79. The monoisotopic (exact) mass is 337 g/mol. The predicted octanol–water partition coefficient (Wildman–Crippen LogP) is 3.68. The summed E-state index contributed by atoms with van der Waals surface area (Å²) < 4.78 is 5.30. The summed E-state index contributed by atoms with van der Waals surface area (Å²) in [6, 6.07) is 18.7. The first-order chi connectivity index (χ1) is 11.7. The minimum atomic E-state index is -0.581. The van der Waals surface area contributed by atoms with Gasteiger partial charge in [-0.2, -0.15) is 0 Å². The van der Waals surface area contributed by atoms with E-state index in [9.17, 15) is 9.59 Å². The highest BCUT2D eigenvalue weighted by Crippen LogP contribution is 2.38. The Morgan fingerprint density at radius 1 is 1.08 bits per heavy atom. The Morgan fingerprint density at radius 2 is 1.83 bits per heavy atom. The van der Waals surface area contributed by atoms with Gasteiger partial charge in [0.2, 0.25) is 0 Å². The molecule has 1 saturated heterocycles. The maximum Gasteiger partial charge on any atom is 0.349 e. The van der Waals surface area contributed by atoms with E-state index < -0.39 is 5.63 Å². The molecular formula is C19H15NO3S. The van der Waals surface area contributed by atoms with Crippen molar-refractivity contribution in [3.05, 3.63) is 82.2 Å². The molecule has 1 aliphatic heterocycles. The van der Waals surface area contributed by atoms with Gasteiger partial charge in [0.1, 0.15) is 16.5 Å². The average Bonchev–Trinajstić information content (AvgIpc) is 3.11. The first-order valence-electron chi connectivity index (χ1n) is 7.74. The zero-order valence-corrected chi connectivity index (χ0v) is 13.7. The molecule has 120 valence electrons. The second kappa shape index (κ2) is 6.17. The zero-order chi connectivity index (χ0) is 16.5. The molecule has 0 unspecified atom stereocenters. The van der Waals surface area contributed by atoms with Gasteiger partial charge in [0.25, 0.3) is 5.91 Å². The smallest absolute Gasteiger partial charge is 0.349 e. The van der Waals surface area contributed by atoms with Crippen LogP contribution in [0, 0.1) is 0 Å². The number of amides is 1. The van der Waals surface area contributed by atoms with Crippen molar-refractivity contribution in [3.63, 3.8) is 0 Å². The molecule has 0 saturated carbocycles. The number of thioether (sulfide) groups is 1. The van der Waals surface area contributed by atoms with Gasteiger partial charge in [-0.1, -0.05) is 48.5 Å². The van der Waals surface area contributed by atoms with E-state index in [1.54, 1.807) is 34.9 Å². The first kappa shape index (κ1) is 15.0. The molecule has 3 aromatic rings. The summed E-state index contributed by atoms with van der Waals surface area (Å²) in [4.78, 5) is 27.0. The average molecular weight is 337 g/mol. The number of benzene rings is 2. The number of hydrogen-bond donors (Lipinski definition) is 0. The highest BCUT2D eigenvalue weighted by molar-refractivity contribution is 7.99. The number of carbonyl (C=O) groups excluding carboxylic acids is 1. The van der Waals surface area contributed by atoms with Crippen molar-refractivity contribution in [2.24, 2.45) is 0 Å². The van der Waals surface area contributed by atoms with Crippen LogP contribution in [0.1, 0.15) is 21.3 Å². The van der Waals surface area contributed by atoms with Crippen LogP contribution in [0.25, 0.3) is 11.0 Å². The Bertz CT molecular complexity index is 951. The van der Waals surface area contributed by atoms with Crippen molar-refractivity contribution in [2.45, 2.75) is 5.37 Å². The molecule has 2 aromatic carbocycles. The molecule has 1 aliphatic rings. The highest BCUT2D eigenvalue weighted by atomic mass is 32.2. The lowest BCUT2D eigenvalue weighted by Crippen LogP contribution is -2.33. The molecule has 1 amide bonds. The topological polar surface area (TPSA) is 50.5 Å². The normalized spacial score (nSPS) is 17.3. The minimum Gasteiger partial charge on any atom is -0.422 e. The lowest BCUT2D eigenvalue weighted by Gasteiger charge is -2.23. The Balaban J connectivity index is 1.73. The second-order valence-corrected chi connectivity index (χ2v) is 6.81. The molecule has 0 aliphatic carbocycles. The van der Waals surface area contributed by atoms with Crippen LogP contribution in [0.3, 0.4) is 0 Å². The molecule has 4 nitrogen and oxygen atoms in total. The van der Waals surface area contributed by atoms with Crippen molar-refractivity contribution >= 4 is 28.6 Å². The summed E-state index contributed by atoms with van der Waals surface area (Å²) >= 11 is 1.71. The van der Waals surface area contributed by atoms with E-state index >= 15 is 0 Å². The van der Waals surface area contributed by atoms with Crippen LogP contribution in [0.2, 0.25) is 0 Å². The third kappa shape index (κ3) is 2.61. The van der Waals surface area contributed by atoms with Crippen LogP contribution in [0.4, 0.5) is 0 Å². The summed E-state index contributed by atoms with van der Waals surface area (Å²) in [7, 11) is 0. The maximum atomic E-state index is 12.9. The fourth-order valence-electron chi connectivity index (χ4n) is 2.94. The van der Waals surface area contributed by atoms with E-state index in [4.69, 9.17) is 4.42 Å². The van der Waals surface area contributed by atoms with E-state index in [0.29, 0.717) is 12.1 Å². The summed E-state index contributed by atoms with van der Waals surface area (Å²) in [6.07, 6.45) is 0. The third-order valence-corrected chi connectivity index (χ3v) is 5.37. The summed E-state index contributed by atoms with van der Waals surface area (Å²) in [5, 5.41) is 0.688. The van der Waals surface area contributed by atoms with Gasteiger partial charge >= 0.3 is 5.63 Å².